The number of morpholine rings is 1. The van der Waals surface area contributed by atoms with Gasteiger partial charge in [-0.15, -0.1) is 0 Å². The highest BCUT2D eigenvalue weighted by Gasteiger charge is 2.31. The lowest BCUT2D eigenvalue weighted by Crippen LogP contribution is -2.49. The molecule has 0 radical (unpaired) electrons. The van der Waals surface area contributed by atoms with Crippen molar-refractivity contribution < 1.29 is 4.74 Å². The number of ether oxygens (including phenoxy) is 1. The molecule has 1 N–H and O–H groups in total. The monoisotopic (exact) mass is 281 g/mol. The van der Waals surface area contributed by atoms with Crippen molar-refractivity contribution in [1.82, 2.24) is 15.1 Å². The van der Waals surface area contributed by atoms with Crippen molar-refractivity contribution in [3.05, 3.63) is 0 Å². The number of likely N-dealkylation sites (tertiary alicyclic amines) is 1. The first kappa shape index (κ1) is 14.8. The Balaban J connectivity index is 1.47. The zero-order valence-corrected chi connectivity index (χ0v) is 13.2. The van der Waals surface area contributed by atoms with Gasteiger partial charge in [-0.25, -0.2) is 0 Å². The summed E-state index contributed by atoms with van der Waals surface area (Å²) in [6, 6.07) is 1.52. The van der Waals surface area contributed by atoms with Gasteiger partial charge < -0.3 is 10.1 Å². The van der Waals surface area contributed by atoms with Crippen LogP contribution in [0.2, 0.25) is 0 Å². The molecule has 0 aromatic carbocycles. The van der Waals surface area contributed by atoms with E-state index in [1.165, 1.54) is 38.9 Å². The minimum atomic E-state index is 0.416. The van der Waals surface area contributed by atoms with Gasteiger partial charge in [-0.1, -0.05) is 13.8 Å². The third-order valence-electron chi connectivity index (χ3n) is 4.92. The van der Waals surface area contributed by atoms with Crippen LogP contribution in [-0.2, 0) is 4.74 Å². The molecule has 0 spiro atoms. The Morgan fingerprint density at radius 2 is 1.90 bits per heavy atom. The van der Waals surface area contributed by atoms with Gasteiger partial charge in [0.2, 0.25) is 0 Å². The lowest BCUT2D eigenvalue weighted by Gasteiger charge is -2.36. The maximum Gasteiger partial charge on any atom is 0.0829 e. The van der Waals surface area contributed by atoms with E-state index in [-0.39, 0.29) is 0 Å². The van der Waals surface area contributed by atoms with Crippen molar-refractivity contribution in [2.75, 3.05) is 45.9 Å². The van der Waals surface area contributed by atoms with E-state index in [9.17, 15) is 0 Å². The number of fused-ring (bicyclic) bond motifs is 2. The summed E-state index contributed by atoms with van der Waals surface area (Å²) >= 11 is 0. The van der Waals surface area contributed by atoms with E-state index in [0.717, 1.165) is 44.2 Å². The van der Waals surface area contributed by atoms with Crippen LogP contribution in [-0.4, -0.2) is 73.9 Å². The average Bonchev–Trinajstić information content (AvgIpc) is 2.72. The summed E-state index contributed by atoms with van der Waals surface area (Å²) in [4.78, 5) is 5.22. The van der Waals surface area contributed by atoms with E-state index >= 15 is 0 Å². The predicted octanol–water partition coefficient (Wildman–Crippen LogP) is 1.17. The fourth-order valence-electron chi connectivity index (χ4n) is 4.04. The molecule has 3 aliphatic rings. The Hall–Kier alpha value is -0.160. The minimum Gasteiger partial charge on any atom is -0.374 e. The molecule has 3 heterocycles. The molecule has 3 rings (SSSR count). The molecule has 3 unspecified atom stereocenters. The van der Waals surface area contributed by atoms with Gasteiger partial charge in [0.25, 0.3) is 0 Å². The van der Waals surface area contributed by atoms with Crippen LogP contribution in [0.1, 0.15) is 33.1 Å². The Morgan fingerprint density at radius 3 is 2.75 bits per heavy atom. The van der Waals surface area contributed by atoms with E-state index in [1.807, 2.05) is 0 Å². The van der Waals surface area contributed by atoms with Crippen molar-refractivity contribution in [1.29, 1.82) is 0 Å². The summed E-state index contributed by atoms with van der Waals surface area (Å²) in [5, 5.41) is 3.76. The van der Waals surface area contributed by atoms with E-state index in [1.54, 1.807) is 0 Å². The standard InChI is InChI=1S/C16H31N3O/c1-13(2)9-19-7-8-20-16(12-19)11-18-6-5-14-3-4-15(10-18)17-14/h13-17H,3-12H2,1-2H3. The van der Waals surface area contributed by atoms with Gasteiger partial charge in [-0.2, -0.15) is 0 Å². The topological polar surface area (TPSA) is 27.7 Å². The van der Waals surface area contributed by atoms with Crippen molar-refractivity contribution in [2.24, 2.45) is 5.92 Å². The number of nitrogens with one attached hydrogen (secondary N) is 1. The molecule has 3 aliphatic heterocycles. The summed E-state index contributed by atoms with van der Waals surface area (Å²) in [5.41, 5.74) is 0. The lowest BCUT2D eigenvalue weighted by molar-refractivity contribution is -0.0463. The molecule has 3 fully saturated rings. The molecule has 0 aromatic heterocycles. The third kappa shape index (κ3) is 3.94. The summed E-state index contributed by atoms with van der Waals surface area (Å²) in [5.74, 6) is 0.756. The zero-order chi connectivity index (χ0) is 13.9. The predicted molar refractivity (Wildman–Crippen MR) is 82.0 cm³/mol. The lowest BCUT2D eigenvalue weighted by atomic mass is 10.1. The van der Waals surface area contributed by atoms with Gasteiger partial charge in [0.15, 0.2) is 0 Å². The normalized spacial score (nSPS) is 36.5. The van der Waals surface area contributed by atoms with Crippen LogP contribution in [0.3, 0.4) is 0 Å². The highest BCUT2D eigenvalue weighted by atomic mass is 16.5. The van der Waals surface area contributed by atoms with Crippen LogP contribution in [0.15, 0.2) is 0 Å². The van der Waals surface area contributed by atoms with Gasteiger partial charge in [-0.05, 0) is 31.7 Å². The van der Waals surface area contributed by atoms with Crippen LogP contribution in [0, 0.1) is 5.92 Å². The molecular formula is C16H31N3O. The Labute approximate surface area is 123 Å². The highest BCUT2D eigenvalue weighted by Crippen LogP contribution is 2.21. The van der Waals surface area contributed by atoms with Crippen molar-refractivity contribution in [3.8, 4) is 0 Å². The molecule has 3 saturated heterocycles. The van der Waals surface area contributed by atoms with Crippen molar-refractivity contribution in [2.45, 2.75) is 51.3 Å². The quantitative estimate of drug-likeness (QED) is 0.837. The van der Waals surface area contributed by atoms with Gasteiger partial charge in [0, 0.05) is 44.8 Å². The smallest absolute Gasteiger partial charge is 0.0829 e. The van der Waals surface area contributed by atoms with Crippen molar-refractivity contribution in [3.63, 3.8) is 0 Å². The van der Waals surface area contributed by atoms with E-state index < -0.39 is 0 Å². The number of nitrogens with zero attached hydrogens (tertiary/aromatic N) is 2. The molecule has 0 amide bonds. The maximum absolute atomic E-state index is 6.01. The van der Waals surface area contributed by atoms with Crippen LogP contribution in [0.4, 0.5) is 0 Å². The third-order valence-corrected chi connectivity index (χ3v) is 4.92. The molecule has 0 aliphatic carbocycles. The van der Waals surface area contributed by atoms with Gasteiger partial charge in [-0.3, -0.25) is 9.80 Å². The average molecular weight is 281 g/mol. The Bertz CT molecular complexity index is 310. The first-order valence-electron chi connectivity index (χ1n) is 8.51. The fraction of sp³-hybridized carbons (Fsp3) is 1.00. The molecular weight excluding hydrogens is 250 g/mol. The second kappa shape index (κ2) is 6.73. The second-order valence-electron chi connectivity index (χ2n) is 7.33. The first-order valence-corrected chi connectivity index (χ1v) is 8.51. The summed E-state index contributed by atoms with van der Waals surface area (Å²) < 4.78 is 6.01. The first-order chi connectivity index (χ1) is 9.69. The fourth-order valence-corrected chi connectivity index (χ4v) is 4.04. The van der Waals surface area contributed by atoms with E-state index in [4.69, 9.17) is 4.74 Å². The maximum atomic E-state index is 6.01. The van der Waals surface area contributed by atoms with E-state index in [0.29, 0.717) is 6.10 Å². The largest absolute Gasteiger partial charge is 0.374 e. The summed E-state index contributed by atoms with van der Waals surface area (Å²) in [7, 11) is 0. The molecule has 3 atom stereocenters. The zero-order valence-electron chi connectivity index (χ0n) is 13.2. The highest BCUT2D eigenvalue weighted by molar-refractivity contribution is 4.90. The SMILES string of the molecule is CC(C)CN1CCOC(CN2CCC3CCC(C2)N3)C1. The number of rotatable bonds is 4. The van der Waals surface area contributed by atoms with Crippen LogP contribution < -0.4 is 5.32 Å². The van der Waals surface area contributed by atoms with Crippen molar-refractivity contribution >= 4 is 0 Å². The van der Waals surface area contributed by atoms with Crippen LogP contribution >= 0.6 is 0 Å². The minimum absolute atomic E-state index is 0.416. The molecule has 116 valence electrons. The summed E-state index contributed by atoms with van der Waals surface area (Å²) in [6.45, 7) is 12.6. The molecule has 20 heavy (non-hydrogen) atoms. The molecule has 0 saturated carbocycles. The van der Waals surface area contributed by atoms with Gasteiger partial charge >= 0.3 is 0 Å². The van der Waals surface area contributed by atoms with Gasteiger partial charge in [0.05, 0.1) is 12.7 Å². The van der Waals surface area contributed by atoms with Crippen LogP contribution in [0.25, 0.3) is 0 Å². The second-order valence-corrected chi connectivity index (χ2v) is 7.33. The molecule has 0 aromatic rings. The Morgan fingerprint density at radius 1 is 1.05 bits per heavy atom. The van der Waals surface area contributed by atoms with Crippen LogP contribution in [0.5, 0.6) is 0 Å². The molecule has 4 heteroatoms. The number of hydrogen-bond acceptors (Lipinski definition) is 4. The number of hydrogen-bond donors (Lipinski definition) is 1. The summed E-state index contributed by atoms with van der Waals surface area (Å²) in [6.07, 6.45) is 4.49. The molecule has 4 nitrogen and oxygen atoms in total. The van der Waals surface area contributed by atoms with Gasteiger partial charge in [0.1, 0.15) is 0 Å². The van der Waals surface area contributed by atoms with E-state index in [2.05, 4.69) is 29.0 Å². The molecule has 2 bridgehead atoms. The Kier molecular flexibility index (Phi) is 4.97.